The highest BCUT2D eigenvalue weighted by atomic mass is 16.6. The Morgan fingerprint density at radius 3 is 2.52 bits per heavy atom. The number of benzene rings is 1. The molecular formula is C21H26N6O2. The molecule has 0 fully saturated rings. The minimum atomic E-state index is -0.499. The standard InChI is InChI=1S/C21H26N6O2/c1-21(2,3)29-20(28)26-11-8-22-16-6-7-25-19(13-16)27-14-15-4-5-17-18(12-15)24-10-9-23-17/h4-7,9-10,12-13H,8,11,14H2,1-3H3,(H,26,28)(H2,22,25,27). The third kappa shape index (κ3) is 6.60. The highest BCUT2D eigenvalue weighted by Gasteiger charge is 2.15. The van der Waals surface area contributed by atoms with Crippen LogP contribution in [0.2, 0.25) is 0 Å². The fourth-order valence-corrected chi connectivity index (χ4v) is 2.63. The van der Waals surface area contributed by atoms with Gasteiger partial charge in [0.05, 0.1) is 11.0 Å². The molecule has 0 spiro atoms. The summed E-state index contributed by atoms with van der Waals surface area (Å²) in [6.07, 6.45) is 4.69. The average Bonchev–Trinajstić information content (AvgIpc) is 2.68. The van der Waals surface area contributed by atoms with Crippen LogP contribution < -0.4 is 16.0 Å². The number of pyridine rings is 1. The molecule has 3 aromatic rings. The number of hydrogen-bond donors (Lipinski definition) is 3. The molecule has 0 unspecified atom stereocenters. The van der Waals surface area contributed by atoms with Gasteiger partial charge in [-0.05, 0) is 44.5 Å². The van der Waals surface area contributed by atoms with E-state index in [9.17, 15) is 4.79 Å². The first-order chi connectivity index (χ1) is 13.9. The molecule has 0 aliphatic rings. The third-order valence-corrected chi connectivity index (χ3v) is 3.89. The Morgan fingerprint density at radius 1 is 0.931 bits per heavy atom. The number of anilines is 2. The molecule has 0 saturated heterocycles. The number of hydrogen-bond acceptors (Lipinski definition) is 7. The van der Waals surface area contributed by atoms with Crippen molar-refractivity contribution in [2.75, 3.05) is 23.7 Å². The molecule has 8 nitrogen and oxygen atoms in total. The number of amides is 1. The Kier molecular flexibility index (Phi) is 6.43. The molecule has 0 aliphatic heterocycles. The van der Waals surface area contributed by atoms with E-state index in [1.165, 1.54) is 0 Å². The zero-order valence-electron chi connectivity index (χ0n) is 16.9. The molecule has 0 radical (unpaired) electrons. The van der Waals surface area contributed by atoms with Crippen LogP contribution in [-0.4, -0.2) is 39.7 Å². The van der Waals surface area contributed by atoms with Crippen LogP contribution in [0.1, 0.15) is 26.3 Å². The lowest BCUT2D eigenvalue weighted by Crippen LogP contribution is -2.35. The highest BCUT2D eigenvalue weighted by Crippen LogP contribution is 2.15. The number of alkyl carbamates (subject to hydrolysis) is 1. The summed E-state index contributed by atoms with van der Waals surface area (Å²) in [6.45, 7) is 7.16. The molecule has 0 bridgehead atoms. The summed E-state index contributed by atoms with van der Waals surface area (Å²) in [4.78, 5) is 24.6. The number of ether oxygens (including phenoxy) is 1. The molecule has 2 aromatic heterocycles. The van der Waals surface area contributed by atoms with Gasteiger partial charge in [-0.3, -0.25) is 9.97 Å². The van der Waals surface area contributed by atoms with Gasteiger partial charge in [-0.25, -0.2) is 9.78 Å². The van der Waals surface area contributed by atoms with Crippen LogP contribution in [0.4, 0.5) is 16.3 Å². The summed E-state index contributed by atoms with van der Waals surface area (Å²) in [7, 11) is 0. The number of carbonyl (C=O) groups excluding carboxylic acids is 1. The minimum Gasteiger partial charge on any atom is -0.444 e. The van der Waals surface area contributed by atoms with E-state index in [4.69, 9.17) is 4.74 Å². The largest absolute Gasteiger partial charge is 0.444 e. The summed E-state index contributed by atoms with van der Waals surface area (Å²) < 4.78 is 5.20. The van der Waals surface area contributed by atoms with Crippen molar-refractivity contribution in [2.24, 2.45) is 0 Å². The van der Waals surface area contributed by atoms with Gasteiger partial charge in [0.15, 0.2) is 0 Å². The Hall–Kier alpha value is -3.42. The minimum absolute atomic E-state index is 0.420. The van der Waals surface area contributed by atoms with E-state index in [-0.39, 0.29) is 0 Å². The molecule has 0 atom stereocenters. The molecule has 29 heavy (non-hydrogen) atoms. The van der Waals surface area contributed by atoms with E-state index in [1.807, 2.05) is 51.1 Å². The van der Waals surface area contributed by atoms with Crippen molar-refractivity contribution in [1.82, 2.24) is 20.3 Å². The second-order valence-electron chi connectivity index (χ2n) is 7.52. The fraction of sp³-hybridized carbons (Fsp3) is 0.333. The molecule has 2 heterocycles. The van der Waals surface area contributed by atoms with Crippen molar-refractivity contribution >= 4 is 28.6 Å². The molecule has 3 rings (SSSR count). The Balaban J connectivity index is 1.47. The molecular weight excluding hydrogens is 368 g/mol. The van der Waals surface area contributed by atoms with Crippen molar-refractivity contribution in [3.05, 3.63) is 54.5 Å². The van der Waals surface area contributed by atoms with E-state index in [0.29, 0.717) is 19.6 Å². The van der Waals surface area contributed by atoms with E-state index in [0.717, 1.165) is 28.1 Å². The van der Waals surface area contributed by atoms with Gasteiger partial charge in [0.1, 0.15) is 11.4 Å². The van der Waals surface area contributed by atoms with E-state index in [1.54, 1.807) is 18.6 Å². The third-order valence-electron chi connectivity index (χ3n) is 3.89. The van der Waals surface area contributed by atoms with Gasteiger partial charge in [-0.1, -0.05) is 6.07 Å². The lowest BCUT2D eigenvalue weighted by Gasteiger charge is -2.19. The number of aromatic nitrogens is 3. The number of carbonyl (C=O) groups is 1. The van der Waals surface area contributed by atoms with Crippen LogP contribution in [0, 0.1) is 0 Å². The van der Waals surface area contributed by atoms with E-state index < -0.39 is 11.7 Å². The monoisotopic (exact) mass is 394 g/mol. The van der Waals surface area contributed by atoms with Crippen LogP contribution in [0.5, 0.6) is 0 Å². The van der Waals surface area contributed by atoms with Crippen LogP contribution >= 0.6 is 0 Å². The smallest absolute Gasteiger partial charge is 0.407 e. The first-order valence-corrected chi connectivity index (χ1v) is 9.49. The molecule has 152 valence electrons. The molecule has 3 N–H and O–H groups in total. The second-order valence-corrected chi connectivity index (χ2v) is 7.52. The Morgan fingerprint density at radius 2 is 1.72 bits per heavy atom. The van der Waals surface area contributed by atoms with Gasteiger partial charge < -0.3 is 20.7 Å². The van der Waals surface area contributed by atoms with Crippen LogP contribution in [0.3, 0.4) is 0 Å². The quantitative estimate of drug-likeness (QED) is 0.527. The zero-order valence-corrected chi connectivity index (χ0v) is 16.9. The normalized spacial score (nSPS) is 11.1. The summed E-state index contributed by atoms with van der Waals surface area (Å²) >= 11 is 0. The van der Waals surface area contributed by atoms with Gasteiger partial charge >= 0.3 is 6.09 Å². The van der Waals surface area contributed by atoms with Crippen LogP contribution in [0.15, 0.2) is 48.9 Å². The van der Waals surface area contributed by atoms with E-state index in [2.05, 4.69) is 30.9 Å². The number of nitrogens with zero attached hydrogens (tertiary/aromatic N) is 3. The Labute approximate surface area is 170 Å². The summed E-state index contributed by atoms with van der Waals surface area (Å²) in [5.41, 5.74) is 3.26. The van der Waals surface area contributed by atoms with Gasteiger partial charge in [-0.2, -0.15) is 0 Å². The maximum Gasteiger partial charge on any atom is 0.407 e. The van der Waals surface area contributed by atoms with Crippen molar-refractivity contribution in [3.63, 3.8) is 0 Å². The maximum atomic E-state index is 11.6. The molecule has 0 aliphatic carbocycles. The van der Waals surface area contributed by atoms with Crippen LogP contribution in [0.25, 0.3) is 11.0 Å². The number of nitrogens with one attached hydrogen (secondary N) is 3. The van der Waals surface area contributed by atoms with Gasteiger partial charge in [0.2, 0.25) is 0 Å². The lowest BCUT2D eigenvalue weighted by atomic mass is 10.2. The molecule has 8 heteroatoms. The second kappa shape index (κ2) is 9.18. The van der Waals surface area contributed by atoms with Crippen LogP contribution in [-0.2, 0) is 11.3 Å². The maximum absolute atomic E-state index is 11.6. The topological polar surface area (TPSA) is 101 Å². The highest BCUT2D eigenvalue weighted by molar-refractivity contribution is 5.74. The zero-order chi connectivity index (χ0) is 20.7. The van der Waals surface area contributed by atoms with Crippen molar-refractivity contribution in [1.29, 1.82) is 0 Å². The van der Waals surface area contributed by atoms with Gasteiger partial charge in [0, 0.05) is 50.0 Å². The van der Waals surface area contributed by atoms with Crippen molar-refractivity contribution in [3.8, 4) is 0 Å². The van der Waals surface area contributed by atoms with Gasteiger partial charge in [0.25, 0.3) is 0 Å². The Bertz CT molecular complexity index is 971. The predicted molar refractivity (Wildman–Crippen MR) is 114 cm³/mol. The first kappa shape index (κ1) is 20.3. The fourth-order valence-electron chi connectivity index (χ4n) is 2.63. The number of fused-ring (bicyclic) bond motifs is 1. The first-order valence-electron chi connectivity index (χ1n) is 9.49. The van der Waals surface area contributed by atoms with Crippen molar-refractivity contribution in [2.45, 2.75) is 32.9 Å². The SMILES string of the molecule is CC(C)(C)OC(=O)NCCNc1ccnc(NCc2ccc3nccnc3c2)c1. The molecule has 1 aromatic carbocycles. The van der Waals surface area contributed by atoms with Crippen molar-refractivity contribution < 1.29 is 9.53 Å². The summed E-state index contributed by atoms with van der Waals surface area (Å²) in [5.74, 6) is 0.759. The molecule has 1 amide bonds. The van der Waals surface area contributed by atoms with E-state index >= 15 is 0 Å². The summed E-state index contributed by atoms with van der Waals surface area (Å²) in [6, 6.07) is 9.80. The van der Waals surface area contributed by atoms with Gasteiger partial charge in [-0.15, -0.1) is 0 Å². The predicted octanol–water partition coefficient (Wildman–Crippen LogP) is 3.57. The number of rotatable bonds is 7. The average molecular weight is 394 g/mol. The lowest BCUT2D eigenvalue weighted by molar-refractivity contribution is 0.0530. The molecule has 0 saturated carbocycles. The summed E-state index contributed by atoms with van der Waals surface area (Å²) in [5, 5.41) is 9.29.